The van der Waals surface area contributed by atoms with Gasteiger partial charge in [0.05, 0.1) is 12.7 Å². The third-order valence-corrected chi connectivity index (χ3v) is 2.71. The fourth-order valence-corrected chi connectivity index (χ4v) is 1.74. The van der Waals surface area contributed by atoms with Gasteiger partial charge in [-0.15, -0.1) is 0 Å². The molecule has 0 heterocycles. The van der Waals surface area contributed by atoms with Gasteiger partial charge < -0.3 is 19.9 Å². The molecule has 1 unspecified atom stereocenters. The van der Waals surface area contributed by atoms with Gasteiger partial charge in [-0.2, -0.15) is 0 Å². The van der Waals surface area contributed by atoms with Crippen molar-refractivity contribution in [2.75, 3.05) is 33.4 Å². The van der Waals surface area contributed by atoms with Crippen LogP contribution in [0.2, 0.25) is 0 Å². The molecule has 1 aromatic rings. The summed E-state index contributed by atoms with van der Waals surface area (Å²) in [6.07, 6.45) is -0.558. The Balaban J connectivity index is 2.54. The lowest BCUT2D eigenvalue weighted by Crippen LogP contribution is -2.25. The number of methoxy groups -OCH3 is 1. The predicted molar refractivity (Wildman–Crippen MR) is 76.5 cm³/mol. The van der Waals surface area contributed by atoms with Gasteiger partial charge in [0.1, 0.15) is 12.4 Å². The first-order chi connectivity index (χ1) is 9.15. The highest BCUT2D eigenvalue weighted by Gasteiger charge is 2.12. The molecule has 4 heteroatoms. The first-order valence-corrected chi connectivity index (χ1v) is 6.74. The Morgan fingerprint density at radius 2 is 1.89 bits per heavy atom. The Morgan fingerprint density at radius 3 is 2.58 bits per heavy atom. The summed E-state index contributed by atoms with van der Waals surface area (Å²) in [6.45, 7) is 6.73. The second-order valence-corrected chi connectivity index (χ2v) is 4.95. The van der Waals surface area contributed by atoms with Crippen LogP contribution < -0.4 is 10.1 Å². The van der Waals surface area contributed by atoms with Gasteiger partial charge in [0.2, 0.25) is 0 Å². The van der Waals surface area contributed by atoms with Crippen LogP contribution in [0.4, 0.5) is 0 Å². The van der Waals surface area contributed by atoms with Crippen molar-refractivity contribution in [2.24, 2.45) is 5.92 Å². The lowest BCUT2D eigenvalue weighted by Gasteiger charge is -2.17. The second-order valence-electron chi connectivity index (χ2n) is 4.95. The summed E-state index contributed by atoms with van der Waals surface area (Å²) in [5.41, 5.74) is 0.815. The zero-order valence-electron chi connectivity index (χ0n) is 12.1. The minimum Gasteiger partial charge on any atom is -0.491 e. The standard InChI is InChI=1S/C15H25NO3/c1-12(2)10-16-11-14(17)13-6-4-5-7-15(13)19-9-8-18-3/h4-7,12,14,16-17H,8-11H2,1-3H3. The van der Waals surface area contributed by atoms with E-state index in [0.717, 1.165) is 17.9 Å². The molecule has 2 N–H and O–H groups in total. The van der Waals surface area contributed by atoms with Gasteiger partial charge >= 0.3 is 0 Å². The van der Waals surface area contributed by atoms with Crippen LogP contribution in [0.5, 0.6) is 5.75 Å². The van der Waals surface area contributed by atoms with E-state index in [2.05, 4.69) is 19.2 Å². The third-order valence-electron chi connectivity index (χ3n) is 2.71. The van der Waals surface area contributed by atoms with Crippen LogP contribution in [-0.2, 0) is 4.74 Å². The SMILES string of the molecule is COCCOc1ccccc1C(O)CNCC(C)C. The van der Waals surface area contributed by atoms with Gasteiger partial charge in [-0.05, 0) is 18.5 Å². The van der Waals surface area contributed by atoms with Crippen LogP contribution in [0.3, 0.4) is 0 Å². The van der Waals surface area contributed by atoms with Gasteiger partial charge in [-0.25, -0.2) is 0 Å². The molecule has 0 radical (unpaired) electrons. The van der Waals surface area contributed by atoms with Crippen molar-refractivity contribution in [1.29, 1.82) is 0 Å². The zero-order valence-corrected chi connectivity index (χ0v) is 12.1. The fourth-order valence-electron chi connectivity index (χ4n) is 1.74. The highest BCUT2D eigenvalue weighted by molar-refractivity contribution is 5.35. The molecular weight excluding hydrogens is 242 g/mol. The molecule has 0 amide bonds. The summed E-state index contributed by atoms with van der Waals surface area (Å²) in [5, 5.41) is 13.4. The van der Waals surface area contributed by atoms with Crippen molar-refractivity contribution in [3.63, 3.8) is 0 Å². The molecule has 1 aromatic carbocycles. The predicted octanol–water partition coefficient (Wildman–Crippen LogP) is 1.99. The molecule has 19 heavy (non-hydrogen) atoms. The maximum Gasteiger partial charge on any atom is 0.125 e. The number of hydrogen-bond donors (Lipinski definition) is 2. The van der Waals surface area contributed by atoms with E-state index >= 15 is 0 Å². The average molecular weight is 267 g/mol. The van der Waals surface area contributed by atoms with Crippen molar-refractivity contribution in [3.8, 4) is 5.75 Å². The van der Waals surface area contributed by atoms with Gasteiger partial charge in [0, 0.05) is 19.2 Å². The summed E-state index contributed by atoms with van der Waals surface area (Å²) in [6, 6.07) is 7.57. The molecule has 0 aromatic heterocycles. The van der Waals surface area contributed by atoms with Crippen LogP contribution in [0.1, 0.15) is 25.5 Å². The van der Waals surface area contributed by atoms with E-state index in [4.69, 9.17) is 9.47 Å². The van der Waals surface area contributed by atoms with Crippen molar-refractivity contribution in [1.82, 2.24) is 5.32 Å². The molecule has 0 saturated heterocycles. The van der Waals surface area contributed by atoms with E-state index in [0.29, 0.717) is 25.7 Å². The normalized spacial score (nSPS) is 12.7. The Morgan fingerprint density at radius 1 is 1.16 bits per heavy atom. The molecule has 0 aliphatic rings. The molecule has 0 spiro atoms. The van der Waals surface area contributed by atoms with Gasteiger partial charge in [-0.3, -0.25) is 0 Å². The lowest BCUT2D eigenvalue weighted by molar-refractivity contribution is 0.137. The minimum absolute atomic E-state index is 0.486. The second kappa shape index (κ2) is 8.91. The highest BCUT2D eigenvalue weighted by atomic mass is 16.5. The Kier molecular flexibility index (Phi) is 7.48. The number of benzene rings is 1. The summed E-state index contributed by atoms with van der Waals surface area (Å²) >= 11 is 0. The average Bonchev–Trinajstić information content (AvgIpc) is 2.39. The maximum absolute atomic E-state index is 10.2. The Hall–Kier alpha value is -1.10. The van der Waals surface area contributed by atoms with E-state index < -0.39 is 6.10 Å². The number of para-hydroxylation sites is 1. The molecule has 0 bridgehead atoms. The fraction of sp³-hybridized carbons (Fsp3) is 0.600. The van der Waals surface area contributed by atoms with E-state index in [1.54, 1.807) is 7.11 Å². The summed E-state index contributed by atoms with van der Waals surface area (Å²) in [5.74, 6) is 1.29. The van der Waals surface area contributed by atoms with E-state index in [-0.39, 0.29) is 0 Å². The molecule has 1 rings (SSSR count). The van der Waals surface area contributed by atoms with Crippen molar-refractivity contribution < 1.29 is 14.6 Å². The molecule has 0 aliphatic carbocycles. The highest BCUT2D eigenvalue weighted by Crippen LogP contribution is 2.24. The van der Waals surface area contributed by atoms with Crippen LogP contribution >= 0.6 is 0 Å². The van der Waals surface area contributed by atoms with Crippen molar-refractivity contribution in [3.05, 3.63) is 29.8 Å². The van der Waals surface area contributed by atoms with E-state index in [1.165, 1.54) is 0 Å². The molecular formula is C15H25NO3. The number of nitrogens with one attached hydrogen (secondary N) is 1. The van der Waals surface area contributed by atoms with Gasteiger partial charge in [0.15, 0.2) is 0 Å². The van der Waals surface area contributed by atoms with Gasteiger partial charge in [0.25, 0.3) is 0 Å². The Bertz CT molecular complexity index is 355. The van der Waals surface area contributed by atoms with Crippen LogP contribution in [-0.4, -0.2) is 38.5 Å². The number of aliphatic hydroxyl groups excluding tert-OH is 1. The Labute approximate surface area is 115 Å². The lowest BCUT2D eigenvalue weighted by atomic mass is 10.1. The minimum atomic E-state index is -0.558. The maximum atomic E-state index is 10.2. The molecule has 1 atom stereocenters. The topological polar surface area (TPSA) is 50.7 Å². The van der Waals surface area contributed by atoms with Gasteiger partial charge in [-0.1, -0.05) is 32.0 Å². The largest absolute Gasteiger partial charge is 0.491 e. The smallest absolute Gasteiger partial charge is 0.125 e. The number of ether oxygens (including phenoxy) is 2. The number of hydrogen-bond acceptors (Lipinski definition) is 4. The molecule has 108 valence electrons. The van der Waals surface area contributed by atoms with Crippen LogP contribution in [0, 0.1) is 5.92 Å². The van der Waals surface area contributed by atoms with Crippen molar-refractivity contribution >= 4 is 0 Å². The third kappa shape index (κ3) is 6.05. The molecule has 0 saturated carbocycles. The molecule has 4 nitrogen and oxygen atoms in total. The van der Waals surface area contributed by atoms with Crippen molar-refractivity contribution in [2.45, 2.75) is 20.0 Å². The first-order valence-electron chi connectivity index (χ1n) is 6.74. The van der Waals surface area contributed by atoms with E-state index in [9.17, 15) is 5.11 Å². The first kappa shape index (κ1) is 16.0. The molecule has 0 aliphatic heterocycles. The summed E-state index contributed by atoms with van der Waals surface area (Å²) in [7, 11) is 1.64. The number of aliphatic hydroxyl groups is 1. The summed E-state index contributed by atoms with van der Waals surface area (Å²) < 4.78 is 10.6. The number of rotatable bonds is 9. The van der Waals surface area contributed by atoms with Crippen LogP contribution in [0.25, 0.3) is 0 Å². The van der Waals surface area contributed by atoms with Crippen LogP contribution in [0.15, 0.2) is 24.3 Å². The zero-order chi connectivity index (χ0) is 14.1. The molecule has 0 fully saturated rings. The quantitative estimate of drug-likeness (QED) is 0.672. The summed E-state index contributed by atoms with van der Waals surface area (Å²) in [4.78, 5) is 0. The monoisotopic (exact) mass is 267 g/mol. The van der Waals surface area contributed by atoms with E-state index in [1.807, 2.05) is 24.3 Å².